The van der Waals surface area contributed by atoms with Gasteiger partial charge in [0, 0.05) is 33.9 Å². The fourth-order valence-electron chi connectivity index (χ4n) is 9.37. The van der Waals surface area contributed by atoms with Crippen LogP contribution in [0.4, 0.5) is 0 Å². The number of pyridine rings is 2. The lowest BCUT2D eigenvalue weighted by Gasteiger charge is -2.35. The number of nitrogens with zero attached hydrogens (tertiary/aromatic N) is 3. The van der Waals surface area contributed by atoms with E-state index < -0.39 is 5.41 Å². The van der Waals surface area contributed by atoms with Crippen molar-refractivity contribution in [3.63, 3.8) is 0 Å². The first kappa shape index (κ1) is 28.6. The molecule has 1 unspecified atom stereocenters. The van der Waals surface area contributed by atoms with Crippen LogP contribution in [0.1, 0.15) is 33.4 Å². The molecule has 4 aromatic heterocycles. The zero-order valence-electron chi connectivity index (χ0n) is 28.5. The van der Waals surface area contributed by atoms with Gasteiger partial charge >= 0.3 is 0 Å². The first-order chi connectivity index (χ1) is 26.3. The minimum absolute atomic E-state index is 0.574. The van der Waals surface area contributed by atoms with Crippen molar-refractivity contribution in [2.24, 2.45) is 0 Å². The van der Waals surface area contributed by atoms with Crippen LogP contribution in [0.15, 0.2) is 169 Å². The van der Waals surface area contributed by atoms with E-state index in [0.29, 0.717) is 0 Å². The van der Waals surface area contributed by atoms with Crippen LogP contribution in [0.3, 0.4) is 0 Å². The normalized spacial score (nSPS) is 15.5. The number of hydrogen-bond donors (Lipinski definition) is 0. The number of hydrogen-bond acceptors (Lipinski definition) is 3. The van der Waals surface area contributed by atoms with Crippen molar-refractivity contribution in [2.45, 2.75) is 5.41 Å². The maximum Gasteiger partial charge on any atom is 0.137 e. The Morgan fingerprint density at radius 3 is 2.19 bits per heavy atom. The van der Waals surface area contributed by atoms with Crippen molar-refractivity contribution in [1.29, 1.82) is 0 Å². The second-order valence-corrected chi connectivity index (χ2v) is 14.2. The summed E-state index contributed by atoms with van der Waals surface area (Å²) in [5.41, 5.74) is 15.7. The van der Waals surface area contributed by atoms with Crippen molar-refractivity contribution in [1.82, 2.24) is 14.5 Å². The van der Waals surface area contributed by atoms with E-state index in [9.17, 15) is 0 Å². The molecule has 1 atom stereocenters. The highest BCUT2D eigenvalue weighted by molar-refractivity contribution is 6.11. The largest absolute Gasteiger partial charge is 0.456 e. The molecule has 2 aliphatic rings. The molecular formula is C49H29N3O. The number of rotatable bonds is 2. The van der Waals surface area contributed by atoms with Gasteiger partial charge in [0.05, 0.1) is 22.6 Å². The molecule has 6 aromatic carbocycles. The minimum atomic E-state index is -0.574. The van der Waals surface area contributed by atoms with Gasteiger partial charge < -0.3 is 4.42 Å². The van der Waals surface area contributed by atoms with E-state index in [2.05, 4.69) is 143 Å². The lowest BCUT2D eigenvalue weighted by molar-refractivity contribution is 0.666. The van der Waals surface area contributed by atoms with Crippen LogP contribution in [-0.4, -0.2) is 14.5 Å². The van der Waals surface area contributed by atoms with Crippen molar-refractivity contribution in [2.75, 3.05) is 0 Å². The summed E-state index contributed by atoms with van der Waals surface area (Å²) in [7, 11) is 0. The monoisotopic (exact) mass is 675 g/mol. The Bertz CT molecular complexity index is 3180. The lowest BCUT2D eigenvalue weighted by atomic mass is 9.65. The Kier molecular flexibility index (Phi) is 5.67. The highest BCUT2D eigenvalue weighted by Gasteiger charge is 2.49. The minimum Gasteiger partial charge on any atom is -0.456 e. The molecule has 12 rings (SSSR count). The maximum atomic E-state index is 6.59. The average Bonchev–Trinajstić information content (AvgIpc) is 3.81. The van der Waals surface area contributed by atoms with Crippen LogP contribution in [-0.2, 0) is 5.41 Å². The topological polar surface area (TPSA) is 43.9 Å². The molecule has 2 aliphatic carbocycles. The van der Waals surface area contributed by atoms with E-state index in [4.69, 9.17) is 9.40 Å². The van der Waals surface area contributed by atoms with Crippen LogP contribution in [0.25, 0.3) is 84.0 Å². The fraction of sp³-hybridized carbons (Fsp3) is 0.0204. The van der Waals surface area contributed by atoms with E-state index in [1.165, 1.54) is 55.5 Å². The van der Waals surface area contributed by atoms with Gasteiger partial charge in [-0.05, 0) is 110 Å². The Morgan fingerprint density at radius 1 is 0.472 bits per heavy atom. The number of benzene rings is 6. The smallest absolute Gasteiger partial charge is 0.137 e. The molecular weight excluding hydrogens is 647 g/mol. The summed E-state index contributed by atoms with van der Waals surface area (Å²) in [4.78, 5) is 9.21. The van der Waals surface area contributed by atoms with Gasteiger partial charge in [-0.15, -0.1) is 0 Å². The summed E-state index contributed by atoms with van der Waals surface area (Å²) < 4.78 is 8.80. The van der Waals surface area contributed by atoms with Crippen molar-refractivity contribution in [3.8, 4) is 28.1 Å². The molecule has 53 heavy (non-hydrogen) atoms. The quantitative estimate of drug-likeness (QED) is 0.183. The third kappa shape index (κ3) is 3.79. The highest BCUT2D eigenvalue weighted by atomic mass is 16.3. The third-order valence-electron chi connectivity index (χ3n) is 11.6. The van der Waals surface area contributed by atoms with Gasteiger partial charge in [-0.25, -0.2) is 4.98 Å². The van der Waals surface area contributed by atoms with Crippen molar-refractivity contribution in [3.05, 3.63) is 198 Å². The zero-order chi connectivity index (χ0) is 34.7. The van der Waals surface area contributed by atoms with Crippen LogP contribution in [0.5, 0.6) is 0 Å². The molecule has 1 spiro atoms. The molecule has 4 heterocycles. The summed E-state index contributed by atoms with van der Waals surface area (Å²) in [6.45, 7) is 0. The first-order valence-electron chi connectivity index (χ1n) is 18.1. The molecule has 4 heteroatoms. The third-order valence-corrected chi connectivity index (χ3v) is 11.6. The summed E-state index contributed by atoms with van der Waals surface area (Å²) in [6, 6.07) is 52.9. The molecule has 0 bridgehead atoms. The second-order valence-electron chi connectivity index (χ2n) is 14.2. The van der Waals surface area contributed by atoms with Gasteiger partial charge in [0.2, 0.25) is 0 Å². The van der Waals surface area contributed by atoms with E-state index in [-0.39, 0.29) is 0 Å². The predicted molar refractivity (Wildman–Crippen MR) is 215 cm³/mol. The molecule has 0 N–H and O–H groups in total. The predicted octanol–water partition coefficient (Wildman–Crippen LogP) is 12.0. The summed E-state index contributed by atoms with van der Waals surface area (Å²) in [5, 5.41) is 4.61. The van der Waals surface area contributed by atoms with Crippen LogP contribution in [0.2, 0.25) is 0 Å². The van der Waals surface area contributed by atoms with Gasteiger partial charge in [-0.3, -0.25) is 9.55 Å². The molecule has 4 nitrogen and oxygen atoms in total. The standard InChI is InChI=1S/C49H29N3O/c1-4-12-40-30(9-1)16-17-31-18-19-33(32-20-21-44-38(25-32)35-22-24-50-29-45(35)52(44)48-15-7-8-23-51-48)26-42(31)49(40)41-13-5-2-10-34(41)37-27-39-36-11-3-6-14-46(36)53-47(39)28-43(37)49/h1-29H. The van der Waals surface area contributed by atoms with Crippen molar-refractivity contribution < 1.29 is 4.42 Å². The number of aromatic nitrogens is 3. The number of furan rings is 1. The van der Waals surface area contributed by atoms with Gasteiger partial charge in [-0.1, -0.05) is 103 Å². The summed E-state index contributed by atoms with van der Waals surface area (Å²) in [5.74, 6) is 0.878. The Hall–Kier alpha value is -7.04. The first-order valence-corrected chi connectivity index (χ1v) is 18.1. The molecule has 0 saturated heterocycles. The molecule has 0 radical (unpaired) electrons. The van der Waals surface area contributed by atoms with Gasteiger partial charge in [-0.2, -0.15) is 0 Å². The van der Waals surface area contributed by atoms with E-state index in [1.807, 2.05) is 42.9 Å². The molecule has 0 amide bonds. The highest BCUT2D eigenvalue weighted by Crippen LogP contribution is 2.60. The van der Waals surface area contributed by atoms with Crippen molar-refractivity contribution >= 4 is 55.9 Å². The van der Waals surface area contributed by atoms with E-state index in [0.717, 1.165) is 49.7 Å². The molecule has 246 valence electrons. The number of fused-ring (bicyclic) bond motifs is 15. The summed E-state index contributed by atoms with van der Waals surface area (Å²) >= 11 is 0. The molecule has 0 saturated carbocycles. The van der Waals surface area contributed by atoms with E-state index >= 15 is 0 Å². The van der Waals surface area contributed by atoms with Crippen LogP contribution >= 0.6 is 0 Å². The Morgan fingerprint density at radius 2 is 1.26 bits per heavy atom. The molecule has 0 aliphatic heterocycles. The van der Waals surface area contributed by atoms with E-state index in [1.54, 1.807) is 0 Å². The Labute approximate surface area is 304 Å². The average molecular weight is 676 g/mol. The fourth-order valence-corrected chi connectivity index (χ4v) is 9.37. The second kappa shape index (κ2) is 10.5. The van der Waals surface area contributed by atoms with Gasteiger partial charge in [0.25, 0.3) is 0 Å². The SMILES string of the molecule is C1=Cc2ccc(-c3ccc4c(c3)c3ccncc3n4-c3ccccn3)cc2C2(c3ccccc31)c1ccccc1-c1cc3c(cc12)oc1ccccc13. The zero-order valence-corrected chi connectivity index (χ0v) is 28.5. The lowest BCUT2D eigenvalue weighted by Crippen LogP contribution is -2.30. The molecule has 10 aromatic rings. The van der Waals surface area contributed by atoms with Gasteiger partial charge in [0.15, 0.2) is 0 Å². The Balaban J connectivity index is 1.15. The van der Waals surface area contributed by atoms with Gasteiger partial charge in [0.1, 0.15) is 17.0 Å². The maximum absolute atomic E-state index is 6.59. The van der Waals surface area contributed by atoms with Crippen LogP contribution < -0.4 is 0 Å². The molecule has 0 fully saturated rings. The number of para-hydroxylation sites is 1. The van der Waals surface area contributed by atoms with Crippen LogP contribution in [0, 0.1) is 0 Å². The summed E-state index contributed by atoms with van der Waals surface area (Å²) in [6.07, 6.45) is 10.2.